The van der Waals surface area contributed by atoms with Crippen molar-refractivity contribution in [3.8, 4) is 29.0 Å². The van der Waals surface area contributed by atoms with Gasteiger partial charge in [0.1, 0.15) is 24.2 Å². The molecule has 1 spiro atoms. The number of methoxy groups -OCH3 is 1. The number of rotatable bonds is 9. The van der Waals surface area contributed by atoms with Crippen LogP contribution in [0.15, 0.2) is 49.2 Å². The van der Waals surface area contributed by atoms with Crippen LogP contribution in [0.3, 0.4) is 0 Å². The van der Waals surface area contributed by atoms with Gasteiger partial charge in [0.25, 0.3) is 0 Å². The van der Waals surface area contributed by atoms with E-state index in [0.717, 1.165) is 70.1 Å². The van der Waals surface area contributed by atoms with Gasteiger partial charge in [0.05, 0.1) is 54.3 Å². The van der Waals surface area contributed by atoms with Crippen LogP contribution in [0.2, 0.25) is 0 Å². The van der Waals surface area contributed by atoms with Gasteiger partial charge in [-0.3, -0.25) is 14.8 Å². The van der Waals surface area contributed by atoms with Crippen molar-refractivity contribution in [2.24, 2.45) is 0 Å². The Labute approximate surface area is 268 Å². The molecule has 5 aliphatic heterocycles. The summed E-state index contributed by atoms with van der Waals surface area (Å²) < 4.78 is 19.2. The molecular weight excluding hydrogens is 582 g/mol. The van der Waals surface area contributed by atoms with Crippen molar-refractivity contribution in [2.75, 3.05) is 57.9 Å². The summed E-state index contributed by atoms with van der Waals surface area (Å²) in [5.41, 5.74) is 3.98. The number of nitriles is 1. The predicted octanol–water partition coefficient (Wildman–Crippen LogP) is 3.55. The van der Waals surface area contributed by atoms with E-state index in [-0.39, 0.29) is 5.60 Å². The molecule has 0 amide bonds. The zero-order valence-corrected chi connectivity index (χ0v) is 26.2. The van der Waals surface area contributed by atoms with Crippen LogP contribution >= 0.6 is 0 Å². The number of hydrogen-bond acceptors (Lipinski definition) is 11. The maximum absolute atomic E-state index is 9.80. The summed E-state index contributed by atoms with van der Waals surface area (Å²) in [7, 11) is 1.64. The lowest BCUT2D eigenvalue weighted by atomic mass is 9.87. The van der Waals surface area contributed by atoms with Crippen molar-refractivity contribution in [1.29, 1.82) is 5.26 Å². The smallest absolute Gasteiger partial charge is 0.212 e. The van der Waals surface area contributed by atoms with Gasteiger partial charge in [-0.2, -0.15) is 10.4 Å². The Hall–Kier alpha value is -4.31. The summed E-state index contributed by atoms with van der Waals surface area (Å²) in [6.45, 7) is 7.12. The Morgan fingerprint density at radius 1 is 1.04 bits per heavy atom. The van der Waals surface area contributed by atoms with E-state index in [1.54, 1.807) is 24.0 Å². The van der Waals surface area contributed by atoms with E-state index in [1.807, 2.05) is 30.7 Å². The number of pyridine rings is 2. The van der Waals surface area contributed by atoms with E-state index < -0.39 is 0 Å². The van der Waals surface area contributed by atoms with Gasteiger partial charge in [-0.1, -0.05) is 6.07 Å². The van der Waals surface area contributed by atoms with Gasteiger partial charge in [-0.05, 0) is 43.7 Å². The van der Waals surface area contributed by atoms with E-state index in [0.29, 0.717) is 47.1 Å². The second-order valence-corrected chi connectivity index (χ2v) is 13.0. The first-order valence-corrected chi connectivity index (χ1v) is 16.3. The van der Waals surface area contributed by atoms with Gasteiger partial charge in [0.15, 0.2) is 0 Å². The molecule has 0 radical (unpaired) electrons. The van der Waals surface area contributed by atoms with Gasteiger partial charge < -0.3 is 19.1 Å². The highest BCUT2D eigenvalue weighted by Gasteiger charge is 2.44. The number of hydrogen-bond donors (Lipinski definition) is 0. The zero-order chi connectivity index (χ0) is 31.1. The molecule has 2 atom stereocenters. The number of anilines is 1. The molecule has 0 aromatic carbocycles. The maximum atomic E-state index is 9.80. The average Bonchev–Trinajstić information content (AvgIpc) is 3.75. The monoisotopic (exact) mass is 621 g/mol. The Balaban J connectivity index is 0.929. The summed E-state index contributed by atoms with van der Waals surface area (Å²) in [6, 6.07) is 9.19. The predicted molar refractivity (Wildman–Crippen MR) is 171 cm³/mol. The van der Waals surface area contributed by atoms with E-state index in [9.17, 15) is 5.26 Å². The fraction of sp³-hybridized carbons (Fsp3) is 0.500. The fourth-order valence-corrected chi connectivity index (χ4v) is 7.67. The molecule has 5 aliphatic rings. The number of nitrogens with zero attached hydrogens (tertiary/aromatic N) is 9. The number of fused-ring (bicyclic) bond motifs is 3. The minimum Gasteiger partial charge on any atom is -0.491 e. The first kappa shape index (κ1) is 29.1. The number of ether oxygens (including phenoxy) is 3. The Morgan fingerprint density at radius 2 is 1.91 bits per heavy atom. The lowest BCUT2D eigenvalue weighted by molar-refractivity contribution is -0.0446. The molecule has 12 heteroatoms. The van der Waals surface area contributed by atoms with Gasteiger partial charge in [-0.15, -0.1) is 0 Å². The lowest BCUT2D eigenvalue weighted by Crippen LogP contribution is -2.68. The number of piperidine rings is 2. The standard InChI is InChI=1S/C34H39N9O3/c1-44-32-4-3-24(16-38-32)20-42-26-13-27(42)22-41(21-26)31-19-36-30(18-37-31)29-14-28(23-43-33(29)25(15-35)17-39-43)45-12-10-40-8-6-34(7-9-40)5-2-11-46-34/h3-4,14,16-19,23,26-27H,2,5-13,20-22H2,1H3. The Morgan fingerprint density at radius 3 is 2.61 bits per heavy atom. The van der Waals surface area contributed by atoms with Crippen molar-refractivity contribution in [3.05, 3.63) is 60.3 Å². The third kappa shape index (κ3) is 5.53. The van der Waals surface area contributed by atoms with Crippen molar-refractivity contribution in [1.82, 2.24) is 34.4 Å². The molecule has 4 aromatic rings. The molecule has 0 saturated carbocycles. The van der Waals surface area contributed by atoms with Crippen molar-refractivity contribution >= 4 is 11.3 Å². The number of aromatic nitrogens is 5. The van der Waals surface area contributed by atoms with Crippen LogP contribution in [0.5, 0.6) is 11.6 Å². The van der Waals surface area contributed by atoms with Crippen LogP contribution in [0.1, 0.15) is 43.2 Å². The number of piperazine rings is 1. The highest BCUT2D eigenvalue weighted by Crippen LogP contribution is 2.37. The van der Waals surface area contributed by atoms with Gasteiger partial charge >= 0.3 is 0 Å². The average molecular weight is 622 g/mol. The van der Waals surface area contributed by atoms with Crippen LogP contribution in [0.4, 0.5) is 5.82 Å². The van der Waals surface area contributed by atoms with E-state index >= 15 is 0 Å². The van der Waals surface area contributed by atoms with E-state index in [4.69, 9.17) is 24.2 Å². The second-order valence-electron chi connectivity index (χ2n) is 13.0. The fourth-order valence-electron chi connectivity index (χ4n) is 7.67. The van der Waals surface area contributed by atoms with E-state index in [1.165, 1.54) is 24.8 Å². The molecule has 2 unspecified atom stereocenters. The van der Waals surface area contributed by atoms with E-state index in [2.05, 4.69) is 36.9 Å². The summed E-state index contributed by atoms with van der Waals surface area (Å²) >= 11 is 0. The van der Waals surface area contributed by atoms with Crippen LogP contribution in [0, 0.1) is 11.3 Å². The second kappa shape index (κ2) is 12.1. The quantitative estimate of drug-likeness (QED) is 0.273. The zero-order valence-electron chi connectivity index (χ0n) is 26.2. The SMILES string of the molecule is COc1ccc(CN2C3CC2CN(c2cnc(-c4cc(OCCN5CCC6(CCCO6)CC5)cn5ncc(C#N)c45)cn2)C3)cn1. The lowest BCUT2D eigenvalue weighted by Gasteiger charge is -2.56. The highest BCUT2D eigenvalue weighted by molar-refractivity contribution is 5.83. The highest BCUT2D eigenvalue weighted by atomic mass is 16.5. The minimum absolute atomic E-state index is 0.122. The summed E-state index contributed by atoms with van der Waals surface area (Å²) in [4.78, 5) is 21.4. The molecule has 9 heterocycles. The Kier molecular flexibility index (Phi) is 7.68. The molecule has 9 rings (SSSR count). The molecule has 0 N–H and O–H groups in total. The summed E-state index contributed by atoms with van der Waals surface area (Å²) in [5.74, 6) is 2.20. The maximum Gasteiger partial charge on any atom is 0.212 e. The summed E-state index contributed by atoms with van der Waals surface area (Å²) in [6.07, 6.45) is 14.8. The molecule has 5 saturated heterocycles. The van der Waals surface area contributed by atoms with Crippen molar-refractivity contribution < 1.29 is 14.2 Å². The van der Waals surface area contributed by atoms with Crippen LogP contribution in [0.25, 0.3) is 16.8 Å². The van der Waals surface area contributed by atoms with Gasteiger partial charge in [-0.25, -0.2) is 14.5 Å². The normalized spacial score (nSPS) is 22.6. The minimum atomic E-state index is 0.122. The van der Waals surface area contributed by atoms with Crippen molar-refractivity contribution in [3.63, 3.8) is 0 Å². The molecule has 0 aliphatic carbocycles. The third-order valence-corrected chi connectivity index (χ3v) is 10.3. The first-order valence-electron chi connectivity index (χ1n) is 16.3. The first-order chi connectivity index (χ1) is 22.6. The largest absolute Gasteiger partial charge is 0.491 e. The van der Waals surface area contributed by atoms with Crippen LogP contribution in [-0.2, 0) is 11.3 Å². The topological polar surface area (TPSA) is 117 Å². The van der Waals surface area contributed by atoms with Crippen LogP contribution in [-0.4, -0.2) is 105 Å². The van der Waals surface area contributed by atoms with Gasteiger partial charge in [0, 0.05) is 75.8 Å². The summed E-state index contributed by atoms with van der Waals surface area (Å²) in [5, 5.41) is 14.2. The Bertz CT molecular complexity index is 1710. The number of likely N-dealkylation sites (tertiary alicyclic amines) is 1. The van der Waals surface area contributed by atoms with Gasteiger partial charge in [0.2, 0.25) is 5.88 Å². The molecule has 5 fully saturated rings. The molecule has 46 heavy (non-hydrogen) atoms. The molecule has 4 aromatic heterocycles. The van der Waals surface area contributed by atoms with Crippen molar-refractivity contribution in [2.45, 2.75) is 56.3 Å². The van der Waals surface area contributed by atoms with Crippen LogP contribution < -0.4 is 14.4 Å². The molecule has 12 nitrogen and oxygen atoms in total. The molecular formula is C34H39N9O3. The molecule has 2 bridgehead atoms. The third-order valence-electron chi connectivity index (χ3n) is 10.3. The molecule has 238 valence electrons.